The van der Waals surface area contributed by atoms with Crippen LogP contribution >= 0.6 is 7.82 Å². The number of nitrogens with zero attached hydrogens (tertiary/aromatic N) is 1. The van der Waals surface area contributed by atoms with Gasteiger partial charge in [-0.3, -0.25) is 13.8 Å². The minimum absolute atomic E-state index is 0.0622. The van der Waals surface area contributed by atoms with Crippen molar-refractivity contribution in [1.29, 1.82) is 0 Å². The molecule has 3 unspecified atom stereocenters. The second-order valence-electron chi connectivity index (χ2n) is 22.4. The van der Waals surface area contributed by atoms with Crippen LogP contribution in [0.3, 0.4) is 0 Å². The van der Waals surface area contributed by atoms with Crippen LogP contribution in [0.5, 0.6) is 0 Å². The second-order valence-corrected chi connectivity index (χ2v) is 23.9. The summed E-state index contributed by atoms with van der Waals surface area (Å²) < 4.78 is 23.8. The Morgan fingerprint density at radius 1 is 0.438 bits per heavy atom. The molecular weight excluding hydrogens is 1010 g/mol. The molecule has 3 atom stereocenters. The van der Waals surface area contributed by atoms with Gasteiger partial charge in [-0.25, -0.2) is 4.57 Å². The molecule has 0 fully saturated rings. The third-order valence-corrected chi connectivity index (χ3v) is 14.6. The van der Waals surface area contributed by atoms with Gasteiger partial charge in [0.1, 0.15) is 13.2 Å². The number of allylic oxidation sites excluding steroid dienone is 24. The SMILES string of the molecule is CC/C=C\C/C=C\C/C=C\C/C=C\C/C=C\C/C=C\C/C=C\C/C=C\C/C=C\C/C=C\C/C=C\C/C=C\CCCCCCC(=O)NC(COP(=O)(O)OCC[N+](C)(C)C)C(O)CCCCCCCCCCCCCCCCCCC. The molecule has 0 saturated carbocycles. The standard InChI is InChI=1S/C71H121N2O6P/c1-6-8-10-12-14-16-18-20-22-24-25-26-27-28-29-30-31-32-33-34-35-36-37-38-39-40-41-42-43-44-45-46-47-49-51-53-55-57-59-61-63-65-71(75)72-69(68-79-80(76,77)78-67-66-73(3,4)5)70(74)64-62-60-58-56-54-52-50-48-23-21-19-17-15-13-11-9-7-2/h8,10,14,16,20,22,25-26,28-29,31-32,34-35,37-38,40-41,43-44,46-47,51,53,69-70,74H,6-7,9,11-13,15,17-19,21,23-24,27,30,33,36,39,42,45,48-50,52,54-68H2,1-5H3,(H-,72,75,76,77)/p+1/b10-8-,16-14-,22-20-,26-25-,29-28-,32-31-,35-34-,38-37-,41-40-,44-43-,47-46-,53-51-. The molecule has 9 heteroatoms. The van der Waals surface area contributed by atoms with E-state index in [0.717, 1.165) is 128 Å². The van der Waals surface area contributed by atoms with Crippen LogP contribution in [-0.4, -0.2) is 73.4 Å². The normalized spacial score (nSPS) is 14.7. The van der Waals surface area contributed by atoms with Crippen molar-refractivity contribution in [2.45, 2.75) is 257 Å². The first-order valence-corrected chi connectivity index (χ1v) is 33.7. The van der Waals surface area contributed by atoms with Crippen LogP contribution in [0.15, 0.2) is 146 Å². The minimum atomic E-state index is -4.34. The molecule has 0 aromatic rings. The van der Waals surface area contributed by atoms with Gasteiger partial charge in [0.05, 0.1) is 39.9 Å². The Kier molecular flexibility index (Phi) is 57.3. The van der Waals surface area contributed by atoms with Crippen molar-refractivity contribution in [2.24, 2.45) is 0 Å². The Bertz CT molecular complexity index is 1810. The van der Waals surface area contributed by atoms with Crippen molar-refractivity contribution in [3.8, 4) is 0 Å². The fourth-order valence-electron chi connectivity index (χ4n) is 8.62. The molecule has 0 aromatic heterocycles. The predicted molar refractivity (Wildman–Crippen MR) is 350 cm³/mol. The highest BCUT2D eigenvalue weighted by molar-refractivity contribution is 7.47. The Hall–Kier alpha value is -3.62. The largest absolute Gasteiger partial charge is 0.472 e. The number of likely N-dealkylation sites (N-methyl/N-ethyl adjacent to an activating group) is 1. The molecule has 0 aliphatic carbocycles. The van der Waals surface area contributed by atoms with Crippen molar-refractivity contribution in [3.05, 3.63) is 146 Å². The summed E-state index contributed by atoms with van der Waals surface area (Å²) in [7, 11) is 1.58. The van der Waals surface area contributed by atoms with E-state index in [4.69, 9.17) is 9.05 Å². The van der Waals surface area contributed by atoms with E-state index in [1.54, 1.807) is 0 Å². The molecule has 0 aromatic carbocycles. The number of unbranched alkanes of at least 4 members (excludes halogenated alkanes) is 20. The number of aliphatic hydroxyl groups excluding tert-OH is 1. The molecule has 0 saturated heterocycles. The summed E-state index contributed by atoms with van der Waals surface area (Å²) in [5.41, 5.74) is 0. The molecule has 0 radical (unpaired) electrons. The quantitative estimate of drug-likeness (QED) is 0.0243. The first-order valence-electron chi connectivity index (χ1n) is 32.2. The fraction of sp³-hybridized carbons (Fsp3) is 0.648. The average molecular weight is 1130 g/mol. The molecule has 0 rings (SSSR count). The number of quaternary nitrogens is 1. The van der Waals surface area contributed by atoms with Crippen molar-refractivity contribution in [2.75, 3.05) is 40.9 Å². The van der Waals surface area contributed by atoms with Crippen molar-refractivity contribution in [1.82, 2.24) is 5.32 Å². The number of carbonyl (C=O) groups excluding carboxylic acids is 1. The predicted octanol–water partition coefficient (Wildman–Crippen LogP) is 20.4. The molecule has 80 heavy (non-hydrogen) atoms. The number of nitrogens with one attached hydrogen (secondary N) is 1. The third-order valence-electron chi connectivity index (χ3n) is 13.6. The van der Waals surface area contributed by atoms with Crippen molar-refractivity contribution in [3.63, 3.8) is 0 Å². The van der Waals surface area contributed by atoms with Crippen molar-refractivity contribution >= 4 is 13.7 Å². The Morgan fingerprint density at radius 2 is 0.750 bits per heavy atom. The molecule has 8 nitrogen and oxygen atoms in total. The molecule has 0 spiro atoms. The van der Waals surface area contributed by atoms with Crippen LogP contribution in [0, 0.1) is 0 Å². The smallest absolute Gasteiger partial charge is 0.391 e. The highest BCUT2D eigenvalue weighted by Gasteiger charge is 2.28. The Labute approximate surface area is 493 Å². The van der Waals surface area contributed by atoms with Gasteiger partial charge in [0.2, 0.25) is 5.91 Å². The molecule has 0 aliphatic heterocycles. The van der Waals surface area contributed by atoms with E-state index < -0.39 is 20.0 Å². The van der Waals surface area contributed by atoms with Crippen LogP contribution < -0.4 is 5.32 Å². The summed E-state index contributed by atoms with van der Waals surface area (Å²) in [5, 5.41) is 14.1. The maximum absolute atomic E-state index is 13.0. The number of hydrogen-bond donors (Lipinski definition) is 3. The highest BCUT2D eigenvalue weighted by atomic mass is 31.2. The van der Waals surface area contributed by atoms with Gasteiger partial charge in [0.25, 0.3) is 0 Å². The number of phosphoric ester groups is 1. The van der Waals surface area contributed by atoms with Gasteiger partial charge in [-0.1, -0.05) is 282 Å². The topological polar surface area (TPSA) is 105 Å². The van der Waals surface area contributed by atoms with E-state index in [2.05, 4.69) is 165 Å². The lowest BCUT2D eigenvalue weighted by Gasteiger charge is -2.26. The minimum Gasteiger partial charge on any atom is -0.391 e. The number of phosphoric acid groups is 1. The lowest BCUT2D eigenvalue weighted by atomic mass is 10.0. The van der Waals surface area contributed by atoms with E-state index in [9.17, 15) is 19.4 Å². The van der Waals surface area contributed by atoms with E-state index >= 15 is 0 Å². The fourth-order valence-corrected chi connectivity index (χ4v) is 9.35. The molecule has 0 heterocycles. The number of rotatable bonds is 57. The van der Waals surface area contributed by atoms with Crippen LogP contribution in [-0.2, 0) is 18.4 Å². The Morgan fingerprint density at radius 3 is 1.10 bits per heavy atom. The summed E-state index contributed by atoms with van der Waals surface area (Å²) in [4.78, 5) is 23.4. The third kappa shape index (κ3) is 62.0. The van der Waals surface area contributed by atoms with Gasteiger partial charge in [-0.05, 0) is 103 Å². The monoisotopic (exact) mass is 1130 g/mol. The Balaban J connectivity index is 4.18. The van der Waals surface area contributed by atoms with Crippen LogP contribution in [0.2, 0.25) is 0 Å². The van der Waals surface area contributed by atoms with E-state index in [0.29, 0.717) is 23.9 Å². The van der Waals surface area contributed by atoms with Crippen molar-refractivity contribution < 1.29 is 32.9 Å². The van der Waals surface area contributed by atoms with Crippen LogP contribution in [0.4, 0.5) is 0 Å². The van der Waals surface area contributed by atoms with Gasteiger partial charge >= 0.3 is 7.82 Å². The van der Waals surface area contributed by atoms with E-state index in [1.165, 1.54) is 89.9 Å². The summed E-state index contributed by atoms with van der Waals surface area (Å²) in [6.45, 7) is 4.75. The lowest BCUT2D eigenvalue weighted by Crippen LogP contribution is -2.46. The number of hydrogen-bond acceptors (Lipinski definition) is 5. The highest BCUT2D eigenvalue weighted by Crippen LogP contribution is 2.43. The van der Waals surface area contributed by atoms with Crippen LogP contribution in [0.25, 0.3) is 0 Å². The van der Waals surface area contributed by atoms with Crippen LogP contribution in [0.1, 0.15) is 245 Å². The summed E-state index contributed by atoms with van der Waals surface area (Å²) >= 11 is 0. The molecule has 0 aliphatic rings. The van der Waals surface area contributed by atoms with Gasteiger partial charge in [-0.15, -0.1) is 0 Å². The van der Waals surface area contributed by atoms with Gasteiger partial charge in [0.15, 0.2) is 0 Å². The summed E-state index contributed by atoms with van der Waals surface area (Å²) in [6, 6.07) is -0.785. The van der Waals surface area contributed by atoms with Gasteiger partial charge in [-0.2, -0.15) is 0 Å². The lowest BCUT2D eigenvalue weighted by molar-refractivity contribution is -0.870. The van der Waals surface area contributed by atoms with E-state index in [-0.39, 0.29) is 19.1 Å². The zero-order chi connectivity index (χ0) is 58.4. The maximum atomic E-state index is 13.0. The van der Waals surface area contributed by atoms with Gasteiger partial charge in [0, 0.05) is 6.42 Å². The van der Waals surface area contributed by atoms with E-state index in [1.807, 2.05) is 21.1 Å². The van der Waals surface area contributed by atoms with Gasteiger partial charge < -0.3 is 19.8 Å². The molecule has 456 valence electrons. The first-order chi connectivity index (χ1) is 39.0. The zero-order valence-electron chi connectivity index (χ0n) is 52.0. The zero-order valence-corrected chi connectivity index (χ0v) is 52.9. The number of carbonyl (C=O) groups is 1. The molecule has 1 amide bonds. The first kappa shape index (κ1) is 76.4. The maximum Gasteiger partial charge on any atom is 0.472 e. The molecule has 0 bridgehead atoms. The second kappa shape index (κ2) is 60.0. The molecular formula is C71H122N2O6P+. The summed E-state index contributed by atoms with van der Waals surface area (Å²) in [6.07, 6.45) is 92.1. The number of aliphatic hydroxyl groups is 1. The summed E-state index contributed by atoms with van der Waals surface area (Å²) in [5.74, 6) is -0.173. The average Bonchev–Trinajstić information content (AvgIpc) is 3.42. The molecule has 3 N–H and O–H groups in total. The number of amides is 1.